The number of aliphatic imine (C=N–C) groups is 1. The molecule has 2 rings (SSSR count). The van der Waals surface area contributed by atoms with E-state index in [1.165, 1.54) is 12.1 Å². The van der Waals surface area contributed by atoms with Gasteiger partial charge in [0.15, 0.2) is 5.96 Å². The minimum atomic E-state index is -4.33. The molecule has 1 amide bonds. The van der Waals surface area contributed by atoms with E-state index >= 15 is 0 Å². The zero-order valence-electron chi connectivity index (χ0n) is 18.9. The first kappa shape index (κ1) is 25.0. The van der Waals surface area contributed by atoms with Gasteiger partial charge in [0.1, 0.15) is 0 Å². The summed E-state index contributed by atoms with van der Waals surface area (Å²) in [4.78, 5) is 18.7. The normalized spacial score (nSPS) is 17.0. The summed E-state index contributed by atoms with van der Waals surface area (Å²) in [7, 11) is 0. The SMILES string of the molecule is CCNC(=NCCC(C)c1cccc(C(F)(F)F)c1)NC1CCN(C(=O)C(C)C)CC1. The van der Waals surface area contributed by atoms with Crippen molar-refractivity contribution in [1.82, 2.24) is 15.5 Å². The number of amides is 1. The van der Waals surface area contributed by atoms with Crippen LogP contribution >= 0.6 is 0 Å². The number of benzene rings is 1. The second-order valence-corrected chi connectivity index (χ2v) is 8.47. The largest absolute Gasteiger partial charge is 0.416 e. The predicted molar refractivity (Wildman–Crippen MR) is 118 cm³/mol. The number of hydrogen-bond acceptors (Lipinski definition) is 2. The molecule has 1 atom stereocenters. The molecular weight excluding hydrogens is 405 g/mol. The number of likely N-dealkylation sites (tertiary alicyclic amines) is 1. The van der Waals surface area contributed by atoms with E-state index in [-0.39, 0.29) is 23.8 Å². The standard InChI is InChI=1S/C23H35F3N4O/c1-5-27-22(29-20-10-13-30(14-11-20)21(31)16(2)3)28-12-9-17(4)18-7-6-8-19(15-18)23(24,25)26/h6-8,15-17,20H,5,9-14H2,1-4H3,(H2,27,28,29). The van der Waals surface area contributed by atoms with E-state index < -0.39 is 11.7 Å². The monoisotopic (exact) mass is 440 g/mol. The number of alkyl halides is 3. The fraction of sp³-hybridized carbons (Fsp3) is 0.652. The minimum Gasteiger partial charge on any atom is -0.357 e. The number of hydrogen-bond donors (Lipinski definition) is 2. The molecule has 8 heteroatoms. The van der Waals surface area contributed by atoms with Crippen LogP contribution < -0.4 is 10.6 Å². The number of piperidine rings is 1. The van der Waals surface area contributed by atoms with E-state index in [9.17, 15) is 18.0 Å². The van der Waals surface area contributed by atoms with E-state index in [1.54, 1.807) is 6.07 Å². The molecule has 1 heterocycles. The molecule has 0 spiro atoms. The van der Waals surface area contributed by atoms with Crippen LogP contribution in [0.1, 0.15) is 64.0 Å². The Morgan fingerprint density at radius 2 is 1.90 bits per heavy atom. The number of carbonyl (C=O) groups is 1. The fourth-order valence-electron chi connectivity index (χ4n) is 3.68. The molecule has 1 fully saturated rings. The maximum Gasteiger partial charge on any atom is 0.416 e. The zero-order valence-corrected chi connectivity index (χ0v) is 18.9. The molecule has 0 aromatic heterocycles. The Balaban J connectivity index is 1.88. The lowest BCUT2D eigenvalue weighted by Gasteiger charge is -2.34. The van der Waals surface area contributed by atoms with Crippen molar-refractivity contribution in [1.29, 1.82) is 0 Å². The quantitative estimate of drug-likeness (QED) is 0.488. The molecule has 1 aromatic carbocycles. The summed E-state index contributed by atoms with van der Waals surface area (Å²) >= 11 is 0. The van der Waals surface area contributed by atoms with Gasteiger partial charge in [-0.1, -0.05) is 39.0 Å². The van der Waals surface area contributed by atoms with Crippen molar-refractivity contribution in [2.24, 2.45) is 10.9 Å². The van der Waals surface area contributed by atoms with E-state index in [1.807, 2.05) is 32.6 Å². The summed E-state index contributed by atoms with van der Waals surface area (Å²) < 4.78 is 38.8. The predicted octanol–water partition coefficient (Wildman–Crippen LogP) is 4.40. The number of guanidine groups is 1. The van der Waals surface area contributed by atoms with Gasteiger partial charge in [0.2, 0.25) is 5.91 Å². The minimum absolute atomic E-state index is 0.0159. The molecule has 174 valence electrons. The highest BCUT2D eigenvalue weighted by atomic mass is 19.4. The van der Waals surface area contributed by atoms with E-state index in [2.05, 4.69) is 15.6 Å². The summed E-state index contributed by atoms with van der Waals surface area (Å²) in [6, 6.07) is 5.76. The molecular formula is C23H35F3N4O. The number of nitrogens with one attached hydrogen (secondary N) is 2. The number of nitrogens with zero attached hydrogens (tertiary/aromatic N) is 2. The first-order chi connectivity index (χ1) is 14.6. The number of carbonyl (C=O) groups excluding carboxylic acids is 1. The van der Waals surface area contributed by atoms with Gasteiger partial charge in [-0.25, -0.2) is 0 Å². The highest BCUT2D eigenvalue weighted by Crippen LogP contribution is 2.31. The lowest BCUT2D eigenvalue weighted by molar-refractivity contribution is -0.137. The maximum absolute atomic E-state index is 12.9. The van der Waals surface area contributed by atoms with Crippen LogP contribution in [0.3, 0.4) is 0 Å². The Bertz CT molecular complexity index is 741. The van der Waals surface area contributed by atoms with Gasteiger partial charge in [0.25, 0.3) is 0 Å². The Labute approximate surface area is 183 Å². The smallest absolute Gasteiger partial charge is 0.357 e. The summed E-state index contributed by atoms with van der Waals surface area (Å²) in [5.41, 5.74) is 0.0582. The van der Waals surface area contributed by atoms with Crippen LogP contribution in [0.25, 0.3) is 0 Å². The summed E-state index contributed by atoms with van der Waals surface area (Å²) in [5.74, 6) is 0.899. The highest BCUT2D eigenvalue weighted by molar-refractivity contribution is 5.80. The lowest BCUT2D eigenvalue weighted by Crippen LogP contribution is -2.50. The molecule has 1 aromatic rings. The van der Waals surface area contributed by atoms with Crippen LogP contribution in [0.15, 0.2) is 29.3 Å². The molecule has 0 saturated carbocycles. The summed E-state index contributed by atoms with van der Waals surface area (Å²) in [6.45, 7) is 10.5. The molecule has 0 bridgehead atoms. The number of halogens is 3. The second-order valence-electron chi connectivity index (χ2n) is 8.47. The first-order valence-corrected chi connectivity index (χ1v) is 11.1. The van der Waals surface area contributed by atoms with Crippen molar-refractivity contribution in [3.05, 3.63) is 35.4 Å². The van der Waals surface area contributed by atoms with Crippen LogP contribution in [0.4, 0.5) is 13.2 Å². The second kappa shape index (κ2) is 11.4. The Morgan fingerprint density at radius 1 is 1.23 bits per heavy atom. The van der Waals surface area contributed by atoms with Crippen molar-refractivity contribution < 1.29 is 18.0 Å². The highest BCUT2D eigenvalue weighted by Gasteiger charge is 2.30. The third-order valence-electron chi connectivity index (χ3n) is 5.60. The third kappa shape index (κ3) is 7.74. The van der Waals surface area contributed by atoms with Crippen LogP contribution in [-0.2, 0) is 11.0 Å². The lowest BCUT2D eigenvalue weighted by atomic mass is 9.96. The molecule has 1 aliphatic rings. The fourth-order valence-corrected chi connectivity index (χ4v) is 3.68. The molecule has 0 radical (unpaired) electrons. The molecule has 1 aliphatic heterocycles. The van der Waals surface area contributed by atoms with Crippen molar-refractivity contribution in [2.75, 3.05) is 26.2 Å². The van der Waals surface area contributed by atoms with E-state index in [0.29, 0.717) is 24.5 Å². The van der Waals surface area contributed by atoms with Crippen molar-refractivity contribution in [3.8, 4) is 0 Å². The maximum atomic E-state index is 12.9. The Kier molecular flexibility index (Phi) is 9.19. The van der Waals surface area contributed by atoms with Gasteiger partial charge < -0.3 is 15.5 Å². The average molecular weight is 441 g/mol. The van der Waals surface area contributed by atoms with Crippen molar-refractivity contribution in [2.45, 2.75) is 65.1 Å². The van der Waals surface area contributed by atoms with Gasteiger partial charge in [0, 0.05) is 38.1 Å². The van der Waals surface area contributed by atoms with Gasteiger partial charge in [-0.15, -0.1) is 0 Å². The molecule has 31 heavy (non-hydrogen) atoms. The van der Waals surface area contributed by atoms with Crippen LogP contribution in [0.5, 0.6) is 0 Å². The average Bonchev–Trinajstić information content (AvgIpc) is 2.73. The topological polar surface area (TPSA) is 56.7 Å². The summed E-state index contributed by atoms with van der Waals surface area (Å²) in [5, 5.41) is 6.67. The molecule has 0 aliphatic carbocycles. The first-order valence-electron chi connectivity index (χ1n) is 11.1. The van der Waals surface area contributed by atoms with Gasteiger partial charge in [-0.2, -0.15) is 13.2 Å². The van der Waals surface area contributed by atoms with Gasteiger partial charge in [0.05, 0.1) is 5.56 Å². The third-order valence-corrected chi connectivity index (χ3v) is 5.60. The molecule has 1 unspecified atom stereocenters. The van der Waals surface area contributed by atoms with Gasteiger partial charge in [-0.3, -0.25) is 9.79 Å². The molecule has 5 nitrogen and oxygen atoms in total. The van der Waals surface area contributed by atoms with Crippen LogP contribution in [0, 0.1) is 5.92 Å². The van der Waals surface area contributed by atoms with E-state index in [0.717, 1.165) is 38.5 Å². The zero-order chi connectivity index (χ0) is 23.0. The summed E-state index contributed by atoms with van der Waals surface area (Å²) in [6.07, 6.45) is -1.95. The van der Waals surface area contributed by atoms with Crippen LogP contribution in [-0.4, -0.2) is 49.0 Å². The Hall–Kier alpha value is -2.25. The van der Waals surface area contributed by atoms with Crippen molar-refractivity contribution >= 4 is 11.9 Å². The van der Waals surface area contributed by atoms with Crippen molar-refractivity contribution in [3.63, 3.8) is 0 Å². The van der Waals surface area contributed by atoms with E-state index in [4.69, 9.17) is 0 Å². The van der Waals surface area contributed by atoms with Gasteiger partial charge >= 0.3 is 6.18 Å². The number of rotatable bonds is 7. The van der Waals surface area contributed by atoms with Gasteiger partial charge in [-0.05, 0) is 43.7 Å². The molecule has 1 saturated heterocycles. The molecule has 2 N–H and O–H groups in total. The van der Waals surface area contributed by atoms with Crippen LogP contribution in [0.2, 0.25) is 0 Å². The Morgan fingerprint density at radius 3 is 2.48 bits per heavy atom.